The average Bonchev–Trinajstić information content (AvgIpc) is 3.34. The van der Waals surface area contributed by atoms with Crippen LogP contribution >= 0.6 is 0 Å². The summed E-state index contributed by atoms with van der Waals surface area (Å²) < 4.78 is 10.5. The van der Waals surface area contributed by atoms with Crippen LogP contribution in [-0.2, 0) is 24.0 Å². The van der Waals surface area contributed by atoms with Crippen LogP contribution in [0.2, 0.25) is 0 Å². The van der Waals surface area contributed by atoms with Gasteiger partial charge in [-0.25, -0.2) is 0 Å². The number of aromatic amines is 1. The highest BCUT2D eigenvalue weighted by atomic mass is 16.5. The summed E-state index contributed by atoms with van der Waals surface area (Å²) in [5.74, 6) is 0.749. The molecule has 4 rings (SSSR count). The van der Waals surface area contributed by atoms with E-state index in [4.69, 9.17) is 9.26 Å². The molecule has 2 aromatic heterocycles. The summed E-state index contributed by atoms with van der Waals surface area (Å²) in [5.41, 5.74) is 1.94. The largest absolute Gasteiger partial charge is 0.384 e. The van der Waals surface area contributed by atoms with Gasteiger partial charge in [0, 0.05) is 25.8 Å². The maximum absolute atomic E-state index is 13.2. The average molecular weight is 372 g/mol. The minimum absolute atomic E-state index is 0.210. The molecular weight excluding hydrogens is 348 g/mol. The number of rotatable bonds is 5. The molecule has 1 amide bonds. The van der Waals surface area contributed by atoms with E-state index >= 15 is 0 Å². The molecule has 1 unspecified atom stereocenters. The fourth-order valence-electron chi connectivity index (χ4n) is 3.96. The molecule has 1 aliphatic heterocycles. The number of aryl methyl sites for hydroxylation is 2. The van der Waals surface area contributed by atoms with E-state index in [-0.39, 0.29) is 23.1 Å². The summed E-state index contributed by atoms with van der Waals surface area (Å²) in [6.45, 7) is 1.09. The van der Waals surface area contributed by atoms with Crippen LogP contribution in [0, 0.1) is 0 Å². The molecule has 0 spiro atoms. The van der Waals surface area contributed by atoms with Gasteiger partial charge >= 0.3 is 0 Å². The van der Waals surface area contributed by atoms with Gasteiger partial charge in [-0.2, -0.15) is 4.98 Å². The molecular formula is C19H24N4O4. The Morgan fingerprint density at radius 3 is 3.11 bits per heavy atom. The van der Waals surface area contributed by atoms with Crippen LogP contribution in [0.25, 0.3) is 0 Å². The van der Waals surface area contributed by atoms with E-state index in [1.54, 1.807) is 18.1 Å². The fourth-order valence-corrected chi connectivity index (χ4v) is 3.96. The molecule has 0 bridgehead atoms. The Kier molecular flexibility index (Phi) is 5.07. The summed E-state index contributed by atoms with van der Waals surface area (Å²) >= 11 is 0. The van der Waals surface area contributed by atoms with Crippen molar-refractivity contribution >= 4 is 5.91 Å². The number of hydrogen-bond donors (Lipinski definition) is 1. The van der Waals surface area contributed by atoms with E-state index in [9.17, 15) is 9.59 Å². The first kappa shape index (κ1) is 17.9. The number of methoxy groups -OCH3 is 1. The maximum Gasteiger partial charge on any atom is 0.261 e. The molecule has 8 nitrogen and oxygen atoms in total. The van der Waals surface area contributed by atoms with Crippen molar-refractivity contribution in [1.82, 2.24) is 20.0 Å². The number of piperidine rings is 1. The number of aromatic nitrogens is 3. The van der Waals surface area contributed by atoms with Gasteiger partial charge in [0.15, 0.2) is 5.82 Å². The van der Waals surface area contributed by atoms with Crippen LogP contribution in [0.3, 0.4) is 0 Å². The molecule has 0 aromatic carbocycles. The fraction of sp³-hybridized carbons (Fsp3) is 0.579. The van der Waals surface area contributed by atoms with Crippen molar-refractivity contribution in [1.29, 1.82) is 0 Å². The standard InChI is InChI=1S/C19H24N4O4/c1-26-10-8-16-21-18(27-22-16)15-7-2-3-9-23(15)19(25)13-11-12-5-4-6-14(12)20-17(13)24/h11,15H,2-10H2,1H3,(H,20,24). The highest BCUT2D eigenvalue weighted by Gasteiger charge is 2.34. The lowest BCUT2D eigenvalue weighted by molar-refractivity contribution is 0.0559. The van der Waals surface area contributed by atoms with E-state index in [1.165, 1.54) is 0 Å². The summed E-state index contributed by atoms with van der Waals surface area (Å²) in [4.78, 5) is 34.7. The molecule has 0 radical (unpaired) electrons. The Balaban J connectivity index is 1.60. The first-order valence-corrected chi connectivity index (χ1v) is 9.55. The second-order valence-electron chi connectivity index (χ2n) is 7.17. The van der Waals surface area contributed by atoms with Crippen molar-refractivity contribution in [2.45, 2.75) is 51.0 Å². The molecule has 0 saturated carbocycles. The molecule has 27 heavy (non-hydrogen) atoms. The number of carbonyl (C=O) groups excluding carboxylic acids is 1. The van der Waals surface area contributed by atoms with Crippen LogP contribution in [-0.4, -0.2) is 46.2 Å². The van der Waals surface area contributed by atoms with Crippen LogP contribution in [0.1, 0.15) is 65.1 Å². The molecule has 3 heterocycles. The van der Waals surface area contributed by atoms with Crippen LogP contribution in [0.15, 0.2) is 15.4 Å². The van der Waals surface area contributed by atoms with Crippen molar-refractivity contribution in [3.63, 3.8) is 0 Å². The normalized spacial score (nSPS) is 19.3. The molecule has 2 aliphatic rings. The van der Waals surface area contributed by atoms with Gasteiger partial charge in [-0.1, -0.05) is 5.16 Å². The van der Waals surface area contributed by atoms with Gasteiger partial charge in [-0.15, -0.1) is 0 Å². The summed E-state index contributed by atoms with van der Waals surface area (Å²) in [6, 6.07) is 1.48. The minimum Gasteiger partial charge on any atom is -0.384 e. The Hall–Kier alpha value is -2.48. The van der Waals surface area contributed by atoms with Gasteiger partial charge in [0.1, 0.15) is 11.6 Å². The number of carbonyl (C=O) groups is 1. The first-order chi connectivity index (χ1) is 13.2. The smallest absolute Gasteiger partial charge is 0.261 e. The van der Waals surface area contributed by atoms with E-state index < -0.39 is 0 Å². The number of nitrogens with one attached hydrogen (secondary N) is 1. The summed E-state index contributed by atoms with van der Waals surface area (Å²) in [7, 11) is 1.62. The number of H-pyrrole nitrogens is 1. The molecule has 1 atom stereocenters. The highest BCUT2D eigenvalue weighted by Crippen LogP contribution is 2.31. The number of ether oxygens (including phenoxy) is 1. The molecule has 144 valence electrons. The van der Waals surface area contributed by atoms with Crippen LogP contribution in [0.5, 0.6) is 0 Å². The lowest BCUT2D eigenvalue weighted by atomic mass is 10.0. The van der Waals surface area contributed by atoms with Crippen molar-refractivity contribution in [3.8, 4) is 0 Å². The number of likely N-dealkylation sites (tertiary alicyclic amines) is 1. The zero-order chi connectivity index (χ0) is 18.8. The van der Waals surface area contributed by atoms with Crippen molar-refractivity contribution in [2.75, 3.05) is 20.3 Å². The molecule has 1 N–H and O–H groups in total. The monoisotopic (exact) mass is 372 g/mol. The molecule has 1 fully saturated rings. The predicted molar refractivity (Wildman–Crippen MR) is 96.6 cm³/mol. The molecule has 2 aromatic rings. The number of amides is 1. The Morgan fingerprint density at radius 1 is 1.37 bits per heavy atom. The van der Waals surface area contributed by atoms with Gasteiger partial charge in [0.2, 0.25) is 5.89 Å². The summed E-state index contributed by atoms with van der Waals surface area (Å²) in [5, 5.41) is 3.99. The van der Waals surface area contributed by atoms with Crippen molar-refractivity contribution in [3.05, 3.63) is 45.0 Å². The molecule has 1 aliphatic carbocycles. The zero-order valence-electron chi connectivity index (χ0n) is 15.5. The Morgan fingerprint density at radius 2 is 2.26 bits per heavy atom. The lowest BCUT2D eigenvalue weighted by Crippen LogP contribution is -2.41. The quantitative estimate of drug-likeness (QED) is 0.859. The van der Waals surface area contributed by atoms with Gasteiger partial charge in [-0.3, -0.25) is 9.59 Å². The topological polar surface area (TPSA) is 101 Å². The van der Waals surface area contributed by atoms with Crippen molar-refractivity contribution in [2.24, 2.45) is 0 Å². The second kappa shape index (κ2) is 7.64. The summed E-state index contributed by atoms with van der Waals surface area (Å²) in [6.07, 6.45) is 5.98. The van der Waals surface area contributed by atoms with Crippen LogP contribution in [0.4, 0.5) is 0 Å². The van der Waals surface area contributed by atoms with Gasteiger partial charge < -0.3 is 19.1 Å². The highest BCUT2D eigenvalue weighted by molar-refractivity contribution is 5.94. The maximum atomic E-state index is 13.2. The SMILES string of the molecule is COCCc1noc(C2CCCCN2C(=O)c2cc3c([nH]c2=O)CCC3)n1. The Bertz CT molecular complexity index is 888. The third-order valence-electron chi connectivity index (χ3n) is 5.38. The number of hydrogen-bond acceptors (Lipinski definition) is 6. The van der Waals surface area contributed by atoms with Crippen LogP contribution < -0.4 is 5.56 Å². The van der Waals surface area contributed by atoms with E-state index in [0.717, 1.165) is 49.8 Å². The van der Waals surface area contributed by atoms with Crippen molar-refractivity contribution < 1.29 is 14.1 Å². The van der Waals surface area contributed by atoms with E-state index in [2.05, 4.69) is 15.1 Å². The number of nitrogens with zero attached hydrogens (tertiary/aromatic N) is 3. The third-order valence-corrected chi connectivity index (χ3v) is 5.38. The molecule has 8 heteroatoms. The zero-order valence-corrected chi connectivity index (χ0v) is 15.5. The predicted octanol–water partition coefficient (Wildman–Crippen LogP) is 1.80. The minimum atomic E-state index is -0.309. The van der Waals surface area contributed by atoms with Gasteiger partial charge in [0.05, 0.1) is 6.61 Å². The second-order valence-corrected chi connectivity index (χ2v) is 7.17. The van der Waals surface area contributed by atoms with Gasteiger partial charge in [-0.05, 0) is 50.2 Å². The third kappa shape index (κ3) is 3.53. The first-order valence-electron chi connectivity index (χ1n) is 9.55. The lowest BCUT2D eigenvalue weighted by Gasteiger charge is -2.33. The van der Waals surface area contributed by atoms with E-state index in [1.807, 2.05) is 0 Å². The number of fused-ring (bicyclic) bond motifs is 1. The molecule has 1 saturated heterocycles. The van der Waals surface area contributed by atoms with Gasteiger partial charge in [0.25, 0.3) is 11.5 Å². The number of pyridine rings is 1. The Labute approximate surface area is 156 Å². The van der Waals surface area contributed by atoms with E-state index in [0.29, 0.717) is 31.3 Å².